The number of rotatable bonds is 4. The molecular formula is C15H20N2O2. The highest BCUT2D eigenvalue weighted by atomic mass is 16.5. The third-order valence-electron chi connectivity index (χ3n) is 3.35. The molecule has 0 saturated carbocycles. The van der Waals surface area contributed by atoms with E-state index in [2.05, 4.69) is 18.4 Å². The summed E-state index contributed by atoms with van der Waals surface area (Å²) in [4.78, 5) is 0. The van der Waals surface area contributed by atoms with Crippen molar-refractivity contribution in [1.82, 2.24) is 5.43 Å². The van der Waals surface area contributed by atoms with E-state index >= 15 is 0 Å². The molecule has 4 heteroatoms. The van der Waals surface area contributed by atoms with Crippen LogP contribution in [-0.4, -0.2) is 7.11 Å². The van der Waals surface area contributed by atoms with Crippen molar-refractivity contribution in [2.45, 2.75) is 26.8 Å². The number of hydrogen-bond acceptors (Lipinski definition) is 4. The van der Waals surface area contributed by atoms with Crippen LogP contribution in [0.15, 0.2) is 28.9 Å². The lowest BCUT2D eigenvalue weighted by Crippen LogP contribution is -2.29. The second-order valence-electron chi connectivity index (χ2n) is 4.77. The zero-order valence-electron chi connectivity index (χ0n) is 11.8. The van der Waals surface area contributed by atoms with Crippen LogP contribution in [0.1, 0.15) is 34.1 Å². The summed E-state index contributed by atoms with van der Waals surface area (Å²) >= 11 is 0. The lowest BCUT2D eigenvalue weighted by molar-refractivity contribution is 0.411. The van der Waals surface area contributed by atoms with Gasteiger partial charge in [0.2, 0.25) is 0 Å². The van der Waals surface area contributed by atoms with Crippen molar-refractivity contribution in [3.05, 3.63) is 52.5 Å². The van der Waals surface area contributed by atoms with Gasteiger partial charge >= 0.3 is 0 Å². The Morgan fingerprint density at radius 1 is 1.16 bits per heavy atom. The number of furan rings is 1. The molecule has 0 aliphatic carbocycles. The third-order valence-corrected chi connectivity index (χ3v) is 3.35. The summed E-state index contributed by atoms with van der Waals surface area (Å²) in [6.07, 6.45) is 1.73. The van der Waals surface area contributed by atoms with Crippen molar-refractivity contribution < 1.29 is 9.15 Å². The number of aryl methyl sites for hydroxylation is 3. The second-order valence-corrected chi connectivity index (χ2v) is 4.77. The van der Waals surface area contributed by atoms with Crippen LogP contribution in [-0.2, 0) is 0 Å². The molecule has 2 aromatic rings. The minimum atomic E-state index is -0.0814. The van der Waals surface area contributed by atoms with Gasteiger partial charge in [0, 0.05) is 5.56 Å². The normalized spacial score (nSPS) is 12.5. The zero-order valence-corrected chi connectivity index (χ0v) is 11.8. The number of hydrazine groups is 1. The average molecular weight is 260 g/mol. The quantitative estimate of drug-likeness (QED) is 0.655. The van der Waals surface area contributed by atoms with Gasteiger partial charge in [0.25, 0.3) is 0 Å². The van der Waals surface area contributed by atoms with Gasteiger partial charge in [-0.2, -0.15) is 0 Å². The highest BCUT2D eigenvalue weighted by Gasteiger charge is 2.18. The van der Waals surface area contributed by atoms with E-state index < -0.39 is 0 Å². The summed E-state index contributed by atoms with van der Waals surface area (Å²) in [6, 6.07) is 6.04. The fourth-order valence-corrected chi connectivity index (χ4v) is 2.32. The number of nitrogens with two attached hydrogens (primary N) is 1. The Morgan fingerprint density at radius 2 is 1.89 bits per heavy atom. The molecule has 19 heavy (non-hydrogen) atoms. The Hall–Kier alpha value is -1.78. The Balaban J connectivity index is 2.47. The monoisotopic (exact) mass is 260 g/mol. The predicted molar refractivity (Wildman–Crippen MR) is 75.1 cm³/mol. The van der Waals surface area contributed by atoms with Crippen LogP contribution in [0.2, 0.25) is 0 Å². The molecule has 0 amide bonds. The van der Waals surface area contributed by atoms with Crippen LogP contribution >= 0.6 is 0 Å². The molecule has 4 nitrogen and oxygen atoms in total. The smallest absolute Gasteiger partial charge is 0.122 e. The number of ether oxygens (including phenoxy) is 1. The summed E-state index contributed by atoms with van der Waals surface area (Å²) < 4.78 is 10.7. The Morgan fingerprint density at radius 3 is 2.42 bits per heavy atom. The van der Waals surface area contributed by atoms with Gasteiger partial charge < -0.3 is 9.15 Å². The third kappa shape index (κ3) is 2.64. The molecule has 0 aliphatic rings. The number of hydrogen-bond donors (Lipinski definition) is 2. The fraction of sp³-hybridized carbons (Fsp3) is 0.333. The van der Waals surface area contributed by atoms with Crippen molar-refractivity contribution in [1.29, 1.82) is 0 Å². The van der Waals surface area contributed by atoms with E-state index in [-0.39, 0.29) is 6.04 Å². The molecule has 0 saturated heterocycles. The number of benzene rings is 1. The molecule has 0 aliphatic heterocycles. The molecule has 1 aromatic heterocycles. The molecule has 0 spiro atoms. The van der Waals surface area contributed by atoms with Gasteiger partial charge in [-0.1, -0.05) is 6.07 Å². The van der Waals surface area contributed by atoms with Crippen LogP contribution in [0.3, 0.4) is 0 Å². The molecule has 102 valence electrons. The summed E-state index contributed by atoms with van der Waals surface area (Å²) in [5.41, 5.74) is 7.22. The largest absolute Gasteiger partial charge is 0.496 e. The topological polar surface area (TPSA) is 60.4 Å². The van der Waals surface area contributed by atoms with Crippen LogP contribution in [0, 0.1) is 20.8 Å². The van der Waals surface area contributed by atoms with E-state index in [1.807, 2.05) is 26.0 Å². The fourth-order valence-electron chi connectivity index (χ4n) is 2.32. The van der Waals surface area contributed by atoms with Gasteiger partial charge in [0.1, 0.15) is 11.5 Å². The average Bonchev–Trinajstić information content (AvgIpc) is 2.80. The van der Waals surface area contributed by atoms with Gasteiger partial charge in [-0.3, -0.25) is 5.84 Å². The highest BCUT2D eigenvalue weighted by Crippen LogP contribution is 2.30. The van der Waals surface area contributed by atoms with E-state index in [0.29, 0.717) is 0 Å². The summed E-state index contributed by atoms with van der Waals surface area (Å²) in [5, 5.41) is 0. The van der Waals surface area contributed by atoms with E-state index in [1.165, 1.54) is 0 Å². The minimum Gasteiger partial charge on any atom is -0.496 e. The maximum absolute atomic E-state index is 5.71. The first-order valence-corrected chi connectivity index (χ1v) is 6.23. The molecule has 1 aromatic carbocycles. The number of methoxy groups -OCH3 is 1. The first kappa shape index (κ1) is 13.6. The first-order chi connectivity index (χ1) is 9.06. The maximum atomic E-state index is 5.71. The van der Waals surface area contributed by atoms with Crippen LogP contribution in [0.25, 0.3) is 0 Å². The molecule has 0 bridgehead atoms. The lowest BCUT2D eigenvalue weighted by Gasteiger charge is -2.19. The second kappa shape index (κ2) is 5.47. The van der Waals surface area contributed by atoms with Gasteiger partial charge in [-0.25, -0.2) is 5.43 Å². The molecule has 1 heterocycles. The van der Waals surface area contributed by atoms with E-state index in [1.54, 1.807) is 13.4 Å². The van der Waals surface area contributed by atoms with Gasteiger partial charge in [0.15, 0.2) is 0 Å². The summed E-state index contributed by atoms with van der Waals surface area (Å²) in [7, 11) is 1.68. The zero-order chi connectivity index (χ0) is 14.0. The summed E-state index contributed by atoms with van der Waals surface area (Å²) in [6.45, 7) is 5.99. The number of nitrogens with one attached hydrogen (secondary N) is 1. The van der Waals surface area contributed by atoms with E-state index in [9.17, 15) is 0 Å². The van der Waals surface area contributed by atoms with Gasteiger partial charge in [0.05, 0.1) is 19.4 Å². The predicted octanol–water partition coefficient (Wildman–Crippen LogP) is 2.77. The van der Waals surface area contributed by atoms with Crippen LogP contribution in [0.4, 0.5) is 0 Å². The maximum Gasteiger partial charge on any atom is 0.122 e. The molecule has 1 atom stereocenters. The Labute approximate surface area is 113 Å². The Bertz CT molecular complexity index is 576. The molecule has 1 unspecified atom stereocenters. The van der Waals surface area contributed by atoms with Crippen LogP contribution in [0.5, 0.6) is 5.75 Å². The Kier molecular flexibility index (Phi) is 3.93. The first-order valence-electron chi connectivity index (χ1n) is 6.23. The van der Waals surface area contributed by atoms with E-state index in [4.69, 9.17) is 15.0 Å². The van der Waals surface area contributed by atoms with Crippen molar-refractivity contribution >= 4 is 0 Å². The molecule has 0 radical (unpaired) electrons. The van der Waals surface area contributed by atoms with Crippen molar-refractivity contribution in [2.24, 2.45) is 5.84 Å². The SMILES string of the molecule is COc1cc(C)c(C(NN)c2coc(C)c2)cc1C. The van der Waals surface area contributed by atoms with Crippen molar-refractivity contribution in [2.75, 3.05) is 7.11 Å². The molecule has 0 fully saturated rings. The van der Waals surface area contributed by atoms with Gasteiger partial charge in [-0.15, -0.1) is 0 Å². The minimum absolute atomic E-state index is 0.0814. The van der Waals surface area contributed by atoms with Crippen molar-refractivity contribution in [3.8, 4) is 5.75 Å². The van der Waals surface area contributed by atoms with Crippen molar-refractivity contribution in [3.63, 3.8) is 0 Å². The molecule has 2 rings (SSSR count). The highest BCUT2D eigenvalue weighted by molar-refractivity contribution is 5.45. The summed E-state index contributed by atoms with van der Waals surface area (Å²) in [5.74, 6) is 7.48. The standard InChI is InChI=1S/C15H20N2O2/c1-9-6-14(18-4)10(2)5-13(9)15(17-16)12-7-11(3)19-8-12/h5-8,15,17H,16H2,1-4H3. The van der Waals surface area contributed by atoms with Gasteiger partial charge in [-0.05, 0) is 49.6 Å². The molecular weight excluding hydrogens is 240 g/mol. The lowest BCUT2D eigenvalue weighted by atomic mass is 9.95. The molecule has 3 N–H and O–H groups in total. The van der Waals surface area contributed by atoms with E-state index in [0.717, 1.165) is 33.8 Å². The van der Waals surface area contributed by atoms with Crippen LogP contribution < -0.4 is 16.0 Å².